The molecule has 2 nitrogen and oxygen atoms in total. The number of rotatable bonds is 3. The van der Waals surface area contributed by atoms with E-state index < -0.39 is 18.6 Å². The average molecular weight is 286 g/mol. The molecule has 0 atom stereocenters. The maximum Gasteiger partial charge on any atom is 0.393 e. The minimum absolute atomic E-state index is 0.137. The van der Waals surface area contributed by atoms with Gasteiger partial charge in [-0.3, -0.25) is 0 Å². The Kier molecular flexibility index (Phi) is 3.99. The topological polar surface area (TPSA) is 26.3 Å². The second-order valence-electron chi connectivity index (χ2n) is 3.80. The van der Waals surface area contributed by atoms with Crippen molar-refractivity contribution >= 4 is 17.7 Å². The Labute approximate surface area is 111 Å². The predicted molar refractivity (Wildman–Crippen MR) is 65.2 cm³/mol. The van der Waals surface area contributed by atoms with E-state index in [4.69, 9.17) is 4.74 Å². The van der Waals surface area contributed by atoms with Gasteiger partial charge in [-0.2, -0.15) is 13.2 Å². The van der Waals surface area contributed by atoms with Crippen LogP contribution in [-0.4, -0.2) is 12.1 Å². The number of thioether (sulfide) groups is 1. The molecule has 1 aromatic rings. The monoisotopic (exact) mass is 286 g/mol. The third-order valence-electron chi connectivity index (χ3n) is 2.23. The van der Waals surface area contributed by atoms with Crippen molar-refractivity contribution in [3.63, 3.8) is 0 Å². The van der Waals surface area contributed by atoms with Crippen LogP contribution in [0.15, 0.2) is 58.0 Å². The lowest BCUT2D eigenvalue weighted by Crippen LogP contribution is -2.12. The Balaban J connectivity index is 2.05. The molecule has 1 aromatic carbocycles. The molecular weight excluding hydrogens is 277 g/mol. The first-order chi connectivity index (χ1) is 8.94. The van der Waals surface area contributed by atoms with Crippen LogP contribution in [-0.2, 0) is 9.53 Å². The van der Waals surface area contributed by atoms with E-state index in [0.717, 1.165) is 11.0 Å². The maximum atomic E-state index is 12.2. The fraction of sp³-hybridized carbons (Fsp3) is 0.154. The quantitative estimate of drug-likeness (QED) is 0.619. The summed E-state index contributed by atoms with van der Waals surface area (Å²) in [6.07, 6.45) is -4.54. The van der Waals surface area contributed by atoms with Crippen LogP contribution < -0.4 is 0 Å². The van der Waals surface area contributed by atoms with Gasteiger partial charge in [0, 0.05) is 10.3 Å². The van der Waals surface area contributed by atoms with Crippen molar-refractivity contribution in [3.05, 3.63) is 53.1 Å². The van der Waals surface area contributed by atoms with Crippen LogP contribution in [0.4, 0.5) is 13.2 Å². The number of esters is 1. The molecule has 0 bridgehead atoms. The molecule has 1 aliphatic rings. The van der Waals surface area contributed by atoms with Crippen molar-refractivity contribution in [2.45, 2.75) is 17.5 Å². The molecule has 0 aliphatic carbocycles. The highest BCUT2D eigenvalue weighted by atomic mass is 32.2. The Morgan fingerprint density at radius 2 is 1.89 bits per heavy atom. The van der Waals surface area contributed by atoms with Crippen molar-refractivity contribution in [1.29, 1.82) is 0 Å². The minimum atomic E-state index is -4.41. The number of carbonyl (C=O) groups excluding carboxylic acids is 1. The molecule has 0 amide bonds. The van der Waals surface area contributed by atoms with Crippen molar-refractivity contribution in [2.75, 3.05) is 0 Å². The van der Waals surface area contributed by atoms with Crippen LogP contribution >= 0.6 is 11.8 Å². The molecule has 19 heavy (non-hydrogen) atoms. The van der Waals surface area contributed by atoms with Crippen molar-refractivity contribution in [1.82, 2.24) is 0 Å². The Morgan fingerprint density at radius 3 is 2.53 bits per heavy atom. The molecule has 1 aliphatic heterocycles. The van der Waals surface area contributed by atoms with Gasteiger partial charge in [-0.1, -0.05) is 30.0 Å². The lowest BCUT2D eigenvalue weighted by atomic mass is 10.2. The summed E-state index contributed by atoms with van der Waals surface area (Å²) in [6.45, 7) is 0. The van der Waals surface area contributed by atoms with Gasteiger partial charge in [-0.15, -0.1) is 0 Å². The summed E-state index contributed by atoms with van der Waals surface area (Å²) in [6, 6.07) is 9.23. The Morgan fingerprint density at radius 1 is 1.21 bits per heavy atom. The number of benzene rings is 1. The van der Waals surface area contributed by atoms with Crippen LogP contribution in [0.2, 0.25) is 0 Å². The predicted octanol–water partition coefficient (Wildman–Crippen LogP) is 4.06. The summed E-state index contributed by atoms with van der Waals surface area (Å²) >= 11 is 1.27. The smallest absolute Gasteiger partial charge is 0.393 e. The SMILES string of the molecule is O=C1O/C(=C\Sc2ccccc2)C=C1CC(F)(F)F. The summed E-state index contributed by atoms with van der Waals surface area (Å²) in [5.41, 5.74) is -0.368. The summed E-state index contributed by atoms with van der Waals surface area (Å²) < 4.78 is 41.3. The third kappa shape index (κ3) is 4.17. The zero-order chi connectivity index (χ0) is 13.9. The lowest BCUT2D eigenvalue weighted by molar-refractivity contribution is -0.142. The zero-order valence-electron chi connectivity index (χ0n) is 9.61. The molecule has 100 valence electrons. The summed E-state index contributed by atoms with van der Waals surface area (Å²) in [4.78, 5) is 12.1. The number of alkyl halides is 3. The normalized spacial score (nSPS) is 17.5. The molecule has 0 fully saturated rings. The molecule has 0 saturated carbocycles. The first-order valence-electron chi connectivity index (χ1n) is 5.35. The number of hydrogen-bond acceptors (Lipinski definition) is 3. The molecule has 6 heteroatoms. The molecule has 0 radical (unpaired) electrons. The molecule has 0 unspecified atom stereocenters. The van der Waals surface area contributed by atoms with Crippen LogP contribution in [0.25, 0.3) is 0 Å². The highest BCUT2D eigenvalue weighted by molar-refractivity contribution is 8.02. The zero-order valence-corrected chi connectivity index (χ0v) is 10.4. The maximum absolute atomic E-state index is 12.2. The van der Waals surface area contributed by atoms with E-state index in [2.05, 4.69) is 0 Å². The third-order valence-corrected chi connectivity index (χ3v) is 3.13. The number of cyclic esters (lactones) is 1. The van der Waals surface area contributed by atoms with Gasteiger partial charge in [0.1, 0.15) is 5.76 Å². The van der Waals surface area contributed by atoms with Gasteiger partial charge in [0.2, 0.25) is 0 Å². The van der Waals surface area contributed by atoms with E-state index in [9.17, 15) is 18.0 Å². The average Bonchev–Trinajstić information content (AvgIpc) is 2.67. The van der Waals surface area contributed by atoms with Crippen molar-refractivity contribution in [2.24, 2.45) is 0 Å². The van der Waals surface area contributed by atoms with Crippen LogP contribution in [0.1, 0.15) is 6.42 Å². The second kappa shape index (κ2) is 5.52. The van der Waals surface area contributed by atoms with Gasteiger partial charge >= 0.3 is 12.1 Å². The molecular formula is C13H9F3O2S. The fourth-order valence-electron chi connectivity index (χ4n) is 1.46. The second-order valence-corrected chi connectivity index (χ2v) is 4.74. The van der Waals surface area contributed by atoms with E-state index in [1.165, 1.54) is 17.2 Å². The summed E-state index contributed by atoms with van der Waals surface area (Å²) in [7, 11) is 0. The van der Waals surface area contributed by atoms with E-state index in [1.807, 2.05) is 30.3 Å². The largest absolute Gasteiger partial charge is 0.423 e. The standard InChI is InChI=1S/C13H9F3O2S/c14-13(15,16)7-9-6-10(18-12(9)17)8-19-11-4-2-1-3-5-11/h1-6,8H,7H2/b10-8-. The lowest BCUT2D eigenvalue weighted by Gasteiger charge is -2.03. The van der Waals surface area contributed by atoms with Crippen molar-refractivity contribution < 1.29 is 22.7 Å². The van der Waals surface area contributed by atoms with Gasteiger partial charge in [0.05, 0.1) is 12.0 Å². The highest BCUT2D eigenvalue weighted by Crippen LogP contribution is 2.31. The molecule has 0 saturated heterocycles. The number of carbonyl (C=O) groups is 1. The van der Waals surface area contributed by atoms with Gasteiger partial charge in [0.25, 0.3) is 0 Å². The van der Waals surface area contributed by atoms with Gasteiger partial charge in [-0.05, 0) is 18.2 Å². The molecule has 0 spiro atoms. The molecule has 2 rings (SSSR count). The Hall–Kier alpha value is -1.69. The fourth-order valence-corrected chi connectivity index (χ4v) is 2.14. The molecule has 1 heterocycles. The van der Waals surface area contributed by atoms with E-state index in [0.29, 0.717) is 0 Å². The molecule has 0 aromatic heterocycles. The van der Waals surface area contributed by atoms with E-state index >= 15 is 0 Å². The first kappa shape index (κ1) is 13.7. The van der Waals surface area contributed by atoms with E-state index in [-0.39, 0.29) is 11.3 Å². The summed E-state index contributed by atoms with van der Waals surface area (Å²) in [5.74, 6) is -0.796. The summed E-state index contributed by atoms with van der Waals surface area (Å²) in [5, 5.41) is 1.51. The van der Waals surface area contributed by atoms with Crippen LogP contribution in [0.3, 0.4) is 0 Å². The van der Waals surface area contributed by atoms with Crippen LogP contribution in [0.5, 0.6) is 0 Å². The highest BCUT2D eigenvalue weighted by Gasteiger charge is 2.34. The van der Waals surface area contributed by atoms with E-state index in [1.54, 1.807) is 0 Å². The number of ether oxygens (including phenoxy) is 1. The van der Waals surface area contributed by atoms with Gasteiger partial charge in [0.15, 0.2) is 0 Å². The Bertz CT molecular complexity index is 533. The number of hydrogen-bond donors (Lipinski definition) is 0. The van der Waals surface area contributed by atoms with Gasteiger partial charge < -0.3 is 4.74 Å². The first-order valence-corrected chi connectivity index (χ1v) is 6.23. The van der Waals surface area contributed by atoms with Gasteiger partial charge in [-0.25, -0.2) is 4.79 Å². The number of halogens is 3. The molecule has 0 N–H and O–H groups in total. The number of allylic oxidation sites excluding steroid dienone is 1. The minimum Gasteiger partial charge on any atom is -0.423 e. The van der Waals surface area contributed by atoms with Crippen molar-refractivity contribution in [3.8, 4) is 0 Å². The van der Waals surface area contributed by atoms with Crippen LogP contribution in [0, 0.1) is 0 Å².